The summed E-state index contributed by atoms with van der Waals surface area (Å²) in [7, 11) is 1.35. The Hall–Kier alpha value is -2.36. The lowest BCUT2D eigenvalue weighted by Crippen LogP contribution is -2.43. The molecule has 0 heterocycles. The quantitative estimate of drug-likeness (QED) is 0.863. The maximum Gasteiger partial charge on any atom is 0.328 e. The van der Waals surface area contributed by atoms with Gasteiger partial charge < -0.3 is 10.1 Å². The SMILES string of the molecule is COC(=O)[C@@H](Cc1cccc2ccccc12)NC(=O)C1CC1. The fourth-order valence-electron chi connectivity index (χ4n) is 2.66. The van der Waals surface area contributed by atoms with Crippen LogP contribution >= 0.6 is 0 Å². The van der Waals surface area contributed by atoms with E-state index < -0.39 is 12.0 Å². The number of ether oxygens (including phenoxy) is 1. The zero-order valence-corrected chi connectivity index (χ0v) is 12.5. The molecule has 1 atom stereocenters. The van der Waals surface area contributed by atoms with Crippen molar-refractivity contribution in [3.05, 3.63) is 48.0 Å². The Labute approximate surface area is 129 Å². The number of benzene rings is 2. The van der Waals surface area contributed by atoms with Gasteiger partial charge in [0.15, 0.2) is 0 Å². The molecule has 4 nitrogen and oxygen atoms in total. The highest BCUT2D eigenvalue weighted by Gasteiger charge is 2.33. The molecular formula is C18H19NO3. The van der Waals surface area contributed by atoms with Gasteiger partial charge in [-0.05, 0) is 29.2 Å². The smallest absolute Gasteiger partial charge is 0.328 e. The van der Waals surface area contributed by atoms with Crippen LogP contribution in [0.1, 0.15) is 18.4 Å². The highest BCUT2D eigenvalue weighted by molar-refractivity contribution is 5.89. The van der Waals surface area contributed by atoms with Crippen molar-refractivity contribution in [3.8, 4) is 0 Å². The number of carbonyl (C=O) groups excluding carboxylic acids is 2. The molecule has 1 N–H and O–H groups in total. The Morgan fingerprint density at radius 3 is 2.64 bits per heavy atom. The number of rotatable bonds is 5. The van der Waals surface area contributed by atoms with Crippen molar-refractivity contribution in [2.45, 2.75) is 25.3 Å². The molecule has 4 heteroatoms. The van der Waals surface area contributed by atoms with E-state index in [4.69, 9.17) is 4.74 Å². The van der Waals surface area contributed by atoms with E-state index in [1.165, 1.54) is 7.11 Å². The van der Waals surface area contributed by atoms with Gasteiger partial charge in [-0.15, -0.1) is 0 Å². The van der Waals surface area contributed by atoms with Crippen LogP contribution in [-0.2, 0) is 20.7 Å². The minimum atomic E-state index is -0.635. The molecule has 0 aliphatic heterocycles. The summed E-state index contributed by atoms with van der Waals surface area (Å²) in [6, 6.07) is 13.4. The van der Waals surface area contributed by atoms with Crippen LogP contribution in [0.3, 0.4) is 0 Å². The third kappa shape index (κ3) is 3.11. The summed E-state index contributed by atoms with van der Waals surface area (Å²) in [5.41, 5.74) is 1.03. The lowest BCUT2D eigenvalue weighted by atomic mass is 9.98. The van der Waals surface area contributed by atoms with Crippen LogP contribution < -0.4 is 5.32 Å². The van der Waals surface area contributed by atoms with Gasteiger partial charge in [-0.25, -0.2) is 4.79 Å². The number of fused-ring (bicyclic) bond motifs is 1. The fourth-order valence-corrected chi connectivity index (χ4v) is 2.66. The summed E-state index contributed by atoms with van der Waals surface area (Å²) in [4.78, 5) is 24.0. The fraction of sp³-hybridized carbons (Fsp3) is 0.333. The lowest BCUT2D eigenvalue weighted by Gasteiger charge is -2.17. The molecule has 1 amide bonds. The van der Waals surface area contributed by atoms with E-state index in [9.17, 15) is 9.59 Å². The van der Waals surface area contributed by atoms with Crippen LogP contribution in [0.15, 0.2) is 42.5 Å². The predicted molar refractivity (Wildman–Crippen MR) is 84.3 cm³/mol. The topological polar surface area (TPSA) is 55.4 Å². The van der Waals surface area contributed by atoms with E-state index >= 15 is 0 Å². The molecule has 0 spiro atoms. The van der Waals surface area contributed by atoms with E-state index in [1.54, 1.807) is 0 Å². The Balaban J connectivity index is 1.84. The minimum Gasteiger partial charge on any atom is -0.467 e. The minimum absolute atomic E-state index is 0.0457. The lowest BCUT2D eigenvalue weighted by molar-refractivity contribution is -0.145. The summed E-state index contributed by atoms with van der Waals surface area (Å²) in [6.45, 7) is 0. The van der Waals surface area contributed by atoms with Crippen LogP contribution in [0.4, 0.5) is 0 Å². The standard InChI is InChI=1S/C18H19NO3/c1-22-18(21)16(19-17(20)13-9-10-13)11-14-7-4-6-12-5-2-3-8-15(12)14/h2-8,13,16H,9-11H2,1H3,(H,19,20)/t16-/m1/s1. The first-order valence-electron chi connectivity index (χ1n) is 7.54. The summed E-state index contributed by atoms with van der Waals surface area (Å²) < 4.78 is 4.84. The Bertz CT molecular complexity index is 701. The monoisotopic (exact) mass is 297 g/mol. The van der Waals surface area contributed by atoms with Crippen LogP contribution in [0, 0.1) is 5.92 Å². The molecule has 114 valence electrons. The number of carbonyl (C=O) groups is 2. The maximum atomic E-state index is 12.0. The van der Waals surface area contributed by atoms with Gasteiger partial charge >= 0.3 is 5.97 Å². The van der Waals surface area contributed by atoms with E-state index in [0.29, 0.717) is 6.42 Å². The van der Waals surface area contributed by atoms with Crippen molar-refractivity contribution in [3.63, 3.8) is 0 Å². The zero-order valence-electron chi connectivity index (χ0n) is 12.5. The average molecular weight is 297 g/mol. The first-order chi connectivity index (χ1) is 10.7. The normalized spacial score (nSPS) is 15.3. The van der Waals surface area contributed by atoms with Crippen LogP contribution in [0.2, 0.25) is 0 Å². The highest BCUT2D eigenvalue weighted by Crippen LogP contribution is 2.29. The Morgan fingerprint density at radius 1 is 1.18 bits per heavy atom. The van der Waals surface area contributed by atoms with Gasteiger partial charge in [0.2, 0.25) is 5.91 Å². The average Bonchev–Trinajstić information content (AvgIpc) is 3.38. The Kier molecular flexibility index (Phi) is 4.09. The summed E-state index contributed by atoms with van der Waals surface area (Å²) in [6.07, 6.45) is 2.26. The van der Waals surface area contributed by atoms with Gasteiger partial charge in [0.25, 0.3) is 0 Å². The van der Waals surface area contributed by atoms with Gasteiger partial charge in [-0.3, -0.25) is 4.79 Å². The molecule has 0 bridgehead atoms. The highest BCUT2D eigenvalue weighted by atomic mass is 16.5. The van der Waals surface area contributed by atoms with Gasteiger partial charge in [0.1, 0.15) is 6.04 Å². The number of hydrogen-bond acceptors (Lipinski definition) is 3. The van der Waals surface area contributed by atoms with Crippen LogP contribution in [0.5, 0.6) is 0 Å². The second-order valence-corrected chi connectivity index (χ2v) is 5.70. The van der Waals surface area contributed by atoms with E-state index in [0.717, 1.165) is 29.2 Å². The van der Waals surface area contributed by atoms with E-state index in [-0.39, 0.29) is 11.8 Å². The van der Waals surface area contributed by atoms with Gasteiger partial charge in [-0.2, -0.15) is 0 Å². The Morgan fingerprint density at radius 2 is 1.91 bits per heavy atom. The molecule has 1 aliphatic rings. The molecule has 2 aromatic carbocycles. The molecular weight excluding hydrogens is 278 g/mol. The van der Waals surface area contributed by atoms with Crippen LogP contribution in [-0.4, -0.2) is 25.0 Å². The molecule has 22 heavy (non-hydrogen) atoms. The third-order valence-corrected chi connectivity index (χ3v) is 4.05. The van der Waals surface area contributed by atoms with Gasteiger partial charge in [0.05, 0.1) is 7.11 Å². The molecule has 1 aliphatic carbocycles. The molecule has 0 unspecified atom stereocenters. The summed E-state index contributed by atoms with van der Waals surface area (Å²) in [5.74, 6) is -0.378. The van der Waals surface area contributed by atoms with Crippen molar-refractivity contribution in [1.82, 2.24) is 5.32 Å². The summed E-state index contributed by atoms with van der Waals surface area (Å²) >= 11 is 0. The number of esters is 1. The first kappa shape index (κ1) is 14.6. The largest absolute Gasteiger partial charge is 0.467 e. The number of hydrogen-bond donors (Lipinski definition) is 1. The summed E-state index contributed by atoms with van der Waals surface area (Å²) in [5, 5.41) is 5.05. The van der Waals surface area contributed by atoms with Crippen molar-refractivity contribution in [2.24, 2.45) is 5.92 Å². The van der Waals surface area contributed by atoms with Crippen molar-refractivity contribution < 1.29 is 14.3 Å². The zero-order chi connectivity index (χ0) is 15.5. The predicted octanol–water partition coefficient (Wildman–Crippen LogP) is 2.45. The second kappa shape index (κ2) is 6.18. The van der Waals surface area contributed by atoms with Crippen molar-refractivity contribution in [2.75, 3.05) is 7.11 Å². The van der Waals surface area contributed by atoms with Gasteiger partial charge in [0, 0.05) is 12.3 Å². The van der Waals surface area contributed by atoms with Crippen molar-refractivity contribution in [1.29, 1.82) is 0 Å². The van der Waals surface area contributed by atoms with Crippen LogP contribution in [0.25, 0.3) is 10.8 Å². The molecule has 3 rings (SSSR count). The third-order valence-electron chi connectivity index (χ3n) is 4.05. The maximum absolute atomic E-state index is 12.0. The second-order valence-electron chi connectivity index (χ2n) is 5.70. The first-order valence-corrected chi connectivity index (χ1v) is 7.54. The molecule has 0 saturated heterocycles. The molecule has 1 saturated carbocycles. The number of methoxy groups -OCH3 is 1. The molecule has 0 aromatic heterocycles. The molecule has 1 fully saturated rings. The van der Waals surface area contributed by atoms with Gasteiger partial charge in [-0.1, -0.05) is 42.5 Å². The number of nitrogens with one attached hydrogen (secondary N) is 1. The molecule has 0 radical (unpaired) electrons. The van der Waals surface area contributed by atoms with E-state index in [1.807, 2.05) is 42.5 Å². The number of amides is 1. The van der Waals surface area contributed by atoms with Crippen molar-refractivity contribution >= 4 is 22.6 Å². The van der Waals surface area contributed by atoms with E-state index in [2.05, 4.69) is 5.32 Å². The molecule has 2 aromatic rings.